The second-order valence-corrected chi connectivity index (χ2v) is 5.00. The van der Waals surface area contributed by atoms with Gasteiger partial charge in [0.15, 0.2) is 0 Å². The second-order valence-electron chi connectivity index (χ2n) is 5.00. The number of benzene rings is 1. The van der Waals surface area contributed by atoms with Gasteiger partial charge in [0.25, 0.3) is 0 Å². The van der Waals surface area contributed by atoms with E-state index in [-0.39, 0.29) is 5.82 Å². The smallest absolute Gasteiger partial charge is 0.123 e. The first-order valence-corrected chi connectivity index (χ1v) is 6.76. The van der Waals surface area contributed by atoms with Crippen LogP contribution in [0.3, 0.4) is 0 Å². The Balaban J connectivity index is 1.88. The standard InChI is InChI=1S/C16H17FN2/c17-14-8-6-12(7-9-14)15-4-1-5-16(19-15)13-3-2-10-18-11-13/h1,4-9,13,18H,2-3,10-11H2/t13-/m0/s1. The number of rotatable bonds is 2. The van der Waals surface area contributed by atoms with Crippen molar-refractivity contribution < 1.29 is 4.39 Å². The molecule has 1 saturated heterocycles. The molecule has 19 heavy (non-hydrogen) atoms. The highest BCUT2D eigenvalue weighted by molar-refractivity contribution is 5.59. The zero-order valence-corrected chi connectivity index (χ0v) is 10.8. The highest BCUT2D eigenvalue weighted by Crippen LogP contribution is 2.24. The van der Waals surface area contributed by atoms with Gasteiger partial charge in [-0.15, -0.1) is 0 Å². The van der Waals surface area contributed by atoms with E-state index in [1.165, 1.54) is 25.0 Å². The zero-order valence-electron chi connectivity index (χ0n) is 10.8. The number of nitrogens with zero attached hydrogens (tertiary/aromatic N) is 1. The van der Waals surface area contributed by atoms with Crippen LogP contribution in [0.2, 0.25) is 0 Å². The van der Waals surface area contributed by atoms with Crippen molar-refractivity contribution >= 4 is 0 Å². The van der Waals surface area contributed by atoms with Crippen molar-refractivity contribution in [1.82, 2.24) is 10.3 Å². The Hall–Kier alpha value is -1.74. The van der Waals surface area contributed by atoms with Crippen molar-refractivity contribution in [3.8, 4) is 11.3 Å². The third-order valence-electron chi connectivity index (χ3n) is 3.63. The van der Waals surface area contributed by atoms with E-state index >= 15 is 0 Å². The van der Waals surface area contributed by atoms with Crippen molar-refractivity contribution in [1.29, 1.82) is 0 Å². The average molecular weight is 256 g/mol. The van der Waals surface area contributed by atoms with Gasteiger partial charge in [0.2, 0.25) is 0 Å². The van der Waals surface area contributed by atoms with E-state index in [1.807, 2.05) is 12.1 Å². The molecule has 1 N–H and O–H groups in total. The molecule has 2 nitrogen and oxygen atoms in total. The highest BCUT2D eigenvalue weighted by Gasteiger charge is 2.16. The van der Waals surface area contributed by atoms with Crippen LogP contribution in [0.15, 0.2) is 42.5 Å². The van der Waals surface area contributed by atoms with E-state index in [0.717, 1.165) is 30.0 Å². The largest absolute Gasteiger partial charge is 0.316 e. The van der Waals surface area contributed by atoms with Crippen molar-refractivity contribution in [3.05, 3.63) is 54.0 Å². The molecule has 0 amide bonds. The van der Waals surface area contributed by atoms with Crippen LogP contribution in [0.4, 0.5) is 4.39 Å². The lowest BCUT2D eigenvalue weighted by Crippen LogP contribution is -2.28. The quantitative estimate of drug-likeness (QED) is 0.891. The molecular formula is C16H17FN2. The van der Waals surface area contributed by atoms with Crippen LogP contribution >= 0.6 is 0 Å². The Labute approximate surface area is 112 Å². The molecule has 0 spiro atoms. The van der Waals surface area contributed by atoms with E-state index < -0.39 is 0 Å². The van der Waals surface area contributed by atoms with E-state index in [1.54, 1.807) is 12.1 Å². The number of nitrogens with one attached hydrogen (secondary N) is 1. The molecule has 0 saturated carbocycles. The average Bonchev–Trinajstić information content (AvgIpc) is 2.49. The Bertz CT molecular complexity index is 545. The third kappa shape index (κ3) is 2.82. The Morgan fingerprint density at radius 2 is 1.95 bits per heavy atom. The van der Waals surface area contributed by atoms with E-state index in [0.29, 0.717) is 5.92 Å². The molecule has 1 aliphatic rings. The predicted octanol–water partition coefficient (Wildman–Crippen LogP) is 3.35. The lowest BCUT2D eigenvalue weighted by Gasteiger charge is -2.22. The van der Waals surface area contributed by atoms with Gasteiger partial charge in [-0.3, -0.25) is 4.98 Å². The Morgan fingerprint density at radius 3 is 2.68 bits per heavy atom. The summed E-state index contributed by atoms with van der Waals surface area (Å²) in [6.07, 6.45) is 2.39. The normalized spacial score (nSPS) is 19.3. The maximum atomic E-state index is 12.9. The first kappa shape index (κ1) is 12.3. The number of hydrogen-bond acceptors (Lipinski definition) is 2. The van der Waals surface area contributed by atoms with Gasteiger partial charge >= 0.3 is 0 Å². The Morgan fingerprint density at radius 1 is 1.11 bits per heavy atom. The van der Waals surface area contributed by atoms with Gasteiger partial charge in [0, 0.05) is 23.7 Å². The summed E-state index contributed by atoms with van der Waals surface area (Å²) >= 11 is 0. The molecule has 0 aliphatic carbocycles. The molecule has 1 aromatic heterocycles. The maximum Gasteiger partial charge on any atom is 0.123 e. The van der Waals surface area contributed by atoms with Gasteiger partial charge in [-0.1, -0.05) is 6.07 Å². The van der Waals surface area contributed by atoms with Gasteiger partial charge in [0.05, 0.1) is 5.69 Å². The minimum atomic E-state index is -0.212. The number of halogens is 1. The molecule has 0 unspecified atom stereocenters. The van der Waals surface area contributed by atoms with Crippen molar-refractivity contribution in [2.45, 2.75) is 18.8 Å². The molecule has 2 aromatic rings. The number of aromatic nitrogens is 1. The van der Waals surface area contributed by atoms with Crippen LogP contribution in [0.5, 0.6) is 0 Å². The van der Waals surface area contributed by atoms with Crippen LogP contribution in [0.25, 0.3) is 11.3 Å². The van der Waals surface area contributed by atoms with Gasteiger partial charge in [0.1, 0.15) is 5.82 Å². The zero-order chi connectivity index (χ0) is 13.1. The Kier molecular flexibility index (Phi) is 3.56. The van der Waals surface area contributed by atoms with Gasteiger partial charge in [-0.2, -0.15) is 0 Å². The van der Waals surface area contributed by atoms with Gasteiger partial charge in [-0.05, 0) is 55.8 Å². The van der Waals surface area contributed by atoms with Crippen LogP contribution in [0, 0.1) is 5.82 Å². The molecule has 1 fully saturated rings. The summed E-state index contributed by atoms with van der Waals surface area (Å²) in [5, 5.41) is 3.41. The molecule has 0 radical (unpaired) electrons. The predicted molar refractivity (Wildman–Crippen MR) is 74.5 cm³/mol. The molecular weight excluding hydrogens is 239 g/mol. The van der Waals surface area contributed by atoms with Gasteiger partial charge < -0.3 is 5.32 Å². The topological polar surface area (TPSA) is 24.9 Å². The fourth-order valence-corrected chi connectivity index (χ4v) is 2.56. The van der Waals surface area contributed by atoms with Crippen LogP contribution < -0.4 is 5.32 Å². The van der Waals surface area contributed by atoms with Crippen molar-refractivity contribution in [2.75, 3.05) is 13.1 Å². The second kappa shape index (κ2) is 5.49. The minimum absolute atomic E-state index is 0.212. The number of piperidine rings is 1. The van der Waals surface area contributed by atoms with E-state index in [4.69, 9.17) is 4.98 Å². The maximum absolute atomic E-state index is 12.9. The molecule has 3 heteroatoms. The summed E-state index contributed by atoms with van der Waals surface area (Å²) in [7, 11) is 0. The summed E-state index contributed by atoms with van der Waals surface area (Å²) in [6.45, 7) is 2.11. The number of pyridine rings is 1. The van der Waals surface area contributed by atoms with E-state index in [2.05, 4.69) is 11.4 Å². The summed E-state index contributed by atoms with van der Waals surface area (Å²) in [4.78, 5) is 4.73. The first-order valence-electron chi connectivity index (χ1n) is 6.76. The summed E-state index contributed by atoms with van der Waals surface area (Å²) in [5.74, 6) is 0.283. The third-order valence-corrected chi connectivity index (χ3v) is 3.63. The summed E-state index contributed by atoms with van der Waals surface area (Å²) in [5.41, 5.74) is 3.02. The van der Waals surface area contributed by atoms with Crippen molar-refractivity contribution in [2.24, 2.45) is 0 Å². The number of hydrogen-bond donors (Lipinski definition) is 1. The first-order chi connectivity index (χ1) is 9.33. The molecule has 1 aromatic carbocycles. The summed E-state index contributed by atoms with van der Waals surface area (Å²) in [6, 6.07) is 12.6. The molecule has 1 atom stereocenters. The molecule has 0 bridgehead atoms. The SMILES string of the molecule is Fc1ccc(-c2cccc([C@H]3CCCNC3)n2)cc1. The van der Waals surface area contributed by atoms with Crippen molar-refractivity contribution in [3.63, 3.8) is 0 Å². The monoisotopic (exact) mass is 256 g/mol. The fourth-order valence-electron chi connectivity index (χ4n) is 2.56. The fraction of sp³-hybridized carbons (Fsp3) is 0.312. The lowest BCUT2D eigenvalue weighted by molar-refractivity contribution is 0.455. The molecule has 98 valence electrons. The van der Waals surface area contributed by atoms with Crippen LogP contribution in [0.1, 0.15) is 24.5 Å². The molecule has 1 aliphatic heterocycles. The molecule has 2 heterocycles. The van der Waals surface area contributed by atoms with E-state index in [9.17, 15) is 4.39 Å². The highest BCUT2D eigenvalue weighted by atomic mass is 19.1. The van der Waals surface area contributed by atoms with Crippen LogP contribution in [-0.4, -0.2) is 18.1 Å². The molecule has 3 rings (SSSR count). The van der Waals surface area contributed by atoms with Gasteiger partial charge in [-0.25, -0.2) is 4.39 Å². The summed E-state index contributed by atoms with van der Waals surface area (Å²) < 4.78 is 12.9. The minimum Gasteiger partial charge on any atom is -0.316 e. The van der Waals surface area contributed by atoms with Crippen LogP contribution in [-0.2, 0) is 0 Å². The lowest BCUT2D eigenvalue weighted by atomic mass is 9.95.